The largest absolute Gasteiger partial charge is 0.399 e. The molecule has 0 saturated heterocycles. The number of anilines is 1. The first kappa shape index (κ1) is 12.1. The van der Waals surface area contributed by atoms with Crippen LogP contribution in [0, 0.1) is 6.92 Å². The van der Waals surface area contributed by atoms with E-state index in [4.69, 9.17) is 5.73 Å². The van der Waals surface area contributed by atoms with Crippen molar-refractivity contribution in [2.24, 2.45) is 0 Å². The van der Waals surface area contributed by atoms with E-state index in [9.17, 15) is 0 Å². The highest BCUT2D eigenvalue weighted by Crippen LogP contribution is 2.13. The van der Waals surface area contributed by atoms with Crippen molar-refractivity contribution in [1.82, 2.24) is 9.88 Å². The molecule has 1 aromatic carbocycles. The van der Waals surface area contributed by atoms with Gasteiger partial charge in [0.05, 0.1) is 6.54 Å². The van der Waals surface area contributed by atoms with E-state index in [0.717, 1.165) is 29.5 Å². The minimum atomic E-state index is 0.820. The Labute approximate surface area is 106 Å². The van der Waals surface area contributed by atoms with Crippen molar-refractivity contribution in [2.45, 2.75) is 20.0 Å². The normalized spacial score (nSPS) is 11.0. The number of hydrogen-bond acceptors (Lipinski definition) is 4. The Kier molecular flexibility index (Phi) is 3.76. The third kappa shape index (κ3) is 3.54. The summed E-state index contributed by atoms with van der Waals surface area (Å²) in [7, 11) is 2.10. The predicted octanol–water partition coefficient (Wildman–Crippen LogP) is 2.67. The first-order valence-corrected chi connectivity index (χ1v) is 6.45. The van der Waals surface area contributed by atoms with Crippen molar-refractivity contribution >= 4 is 17.0 Å². The minimum Gasteiger partial charge on any atom is -0.399 e. The van der Waals surface area contributed by atoms with E-state index in [2.05, 4.69) is 28.4 Å². The lowest BCUT2D eigenvalue weighted by Crippen LogP contribution is -2.17. The van der Waals surface area contributed by atoms with Gasteiger partial charge in [0.15, 0.2) is 0 Å². The zero-order chi connectivity index (χ0) is 12.3. The summed E-state index contributed by atoms with van der Waals surface area (Å²) in [4.78, 5) is 6.71. The fourth-order valence-electron chi connectivity index (χ4n) is 1.77. The molecule has 4 heteroatoms. The number of aryl methyl sites for hydroxylation is 1. The van der Waals surface area contributed by atoms with Crippen molar-refractivity contribution in [3.8, 4) is 0 Å². The summed E-state index contributed by atoms with van der Waals surface area (Å²) in [6.07, 6.45) is 0. The fourth-order valence-corrected chi connectivity index (χ4v) is 2.62. The van der Waals surface area contributed by atoms with Crippen LogP contribution >= 0.6 is 11.3 Å². The van der Waals surface area contributed by atoms with Crippen LogP contribution in [0.4, 0.5) is 5.69 Å². The van der Waals surface area contributed by atoms with E-state index in [0.29, 0.717) is 0 Å². The maximum absolute atomic E-state index is 5.76. The van der Waals surface area contributed by atoms with Gasteiger partial charge in [-0.2, -0.15) is 0 Å². The van der Waals surface area contributed by atoms with Crippen LogP contribution in [-0.4, -0.2) is 16.9 Å². The van der Waals surface area contributed by atoms with Gasteiger partial charge < -0.3 is 5.73 Å². The lowest BCUT2D eigenvalue weighted by Gasteiger charge is -2.15. The molecule has 0 fully saturated rings. The number of hydrogen-bond donors (Lipinski definition) is 1. The Morgan fingerprint density at radius 1 is 1.35 bits per heavy atom. The smallest absolute Gasteiger partial charge is 0.107 e. The molecule has 0 spiro atoms. The van der Waals surface area contributed by atoms with Gasteiger partial charge in [0.2, 0.25) is 0 Å². The molecule has 2 N–H and O–H groups in total. The topological polar surface area (TPSA) is 42.1 Å². The van der Waals surface area contributed by atoms with Crippen molar-refractivity contribution in [2.75, 3.05) is 12.8 Å². The van der Waals surface area contributed by atoms with E-state index in [1.54, 1.807) is 11.3 Å². The van der Waals surface area contributed by atoms with E-state index in [-0.39, 0.29) is 0 Å². The third-order valence-corrected chi connectivity index (χ3v) is 3.43. The Hall–Kier alpha value is -1.39. The first-order chi connectivity index (χ1) is 8.13. The molecule has 0 amide bonds. The van der Waals surface area contributed by atoms with Crippen molar-refractivity contribution in [3.05, 3.63) is 45.9 Å². The summed E-state index contributed by atoms with van der Waals surface area (Å²) in [5.74, 6) is 0. The molecule has 17 heavy (non-hydrogen) atoms. The summed E-state index contributed by atoms with van der Waals surface area (Å²) in [6.45, 7) is 3.80. The van der Waals surface area contributed by atoms with Gasteiger partial charge in [-0.1, -0.05) is 12.1 Å². The summed E-state index contributed by atoms with van der Waals surface area (Å²) in [6, 6.07) is 8.02. The highest BCUT2D eigenvalue weighted by molar-refractivity contribution is 7.09. The van der Waals surface area contributed by atoms with Gasteiger partial charge in [-0.25, -0.2) is 4.98 Å². The molecule has 0 aliphatic heterocycles. The van der Waals surface area contributed by atoms with Gasteiger partial charge >= 0.3 is 0 Å². The molecule has 90 valence electrons. The van der Waals surface area contributed by atoms with Crippen LogP contribution in [0.1, 0.15) is 16.3 Å². The molecular formula is C13H17N3S. The fraction of sp³-hybridized carbons (Fsp3) is 0.308. The minimum absolute atomic E-state index is 0.820. The maximum atomic E-state index is 5.76. The Bertz CT molecular complexity index is 493. The molecule has 0 unspecified atom stereocenters. The van der Waals surface area contributed by atoms with Crippen LogP contribution in [0.25, 0.3) is 0 Å². The van der Waals surface area contributed by atoms with Gasteiger partial charge in [-0.3, -0.25) is 4.90 Å². The predicted molar refractivity (Wildman–Crippen MR) is 72.9 cm³/mol. The van der Waals surface area contributed by atoms with Crippen LogP contribution in [0.3, 0.4) is 0 Å². The number of rotatable bonds is 4. The second-order valence-corrected chi connectivity index (χ2v) is 5.24. The lowest BCUT2D eigenvalue weighted by atomic mass is 10.2. The summed E-state index contributed by atoms with van der Waals surface area (Å²) in [5.41, 5.74) is 8.92. The second kappa shape index (κ2) is 5.29. The zero-order valence-corrected chi connectivity index (χ0v) is 11.0. The molecule has 0 aliphatic rings. The summed E-state index contributed by atoms with van der Waals surface area (Å²) >= 11 is 1.71. The highest BCUT2D eigenvalue weighted by Gasteiger charge is 2.04. The maximum Gasteiger partial charge on any atom is 0.107 e. The van der Waals surface area contributed by atoms with Crippen LogP contribution in [0.5, 0.6) is 0 Å². The number of nitrogens with two attached hydrogens (primary N) is 1. The third-order valence-electron chi connectivity index (χ3n) is 2.48. The van der Waals surface area contributed by atoms with E-state index in [1.807, 2.05) is 25.1 Å². The number of benzene rings is 1. The molecule has 1 heterocycles. The summed E-state index contributed by atoms with van der Waals surface area (Å²) in [5, 5.41) is 3.25. The van der Waals surface area contributed by atoms with Crippen LogP contribution in [-0.2, 0) is 13.1 Å². The average Bonchev–Trinajstić information content (AvgIpc) is 2.63. The number of aromatic nitrogens is 1. The van der Waals surface area contributed by atoms with Gasteiger partial charge in [0.25, 0.3) is 0 Å². The highest BCUT2D eigenvalue weighted by atomic mass is 32.1. The Morgan fingerprint density at radius 2 is 2.18 bits per heavy atom. The van der Waals surface area contributed by atoms with E-state index in [1.165, 1.54) is 5.56 Å². The van der Waals surface area contributed by atoms with Gasteiger partial charge in [-0.15, -0.1) is 11.3 Å². The van der Waals surface area contributed by atoms with Gasteiger partial charge in [0, 0.05) is 23.3 Å². The van der Waals surface area contributed by atoms with Crippen molar-refractivity contribution < 1.29 is 0 Å². The molecule has 0 atom stereocenters. The Balaban J connectivity index is 1.95. The zero-order valence-electron chi connectivity index (χ0n) is 10.2. The molecule has 0 bridgehead atoms. The van der Waals surface area contributed by atoms with Crippen molar-refractivity contribution in [1.29, 1.82) is 0 Å². The number of thiazole rings is 1. The monoisotopic (exact) mass is 247 g/mol. The van der Waals surface area contributed by atoms with Crippen LogP contribution < -0.4 is 5.73 Å². The Morgan fingerprint density at radius 3 is 2.82 bits per heavy atom. The quantitative estimate of drug-likeness (QED) is 0.845. The summed E-state index contributed by atoms with van der Waals surface area (Å²) < 4.78 is 0. The molecule has 0 saturated carbocycles. The van der Waals surface area contributed by atoms with Crippen molar-refractivity contribution in [3.63, 3.8) is 0 Å². The SMILES string of the molecule is Cc1csc(CN(C)Cc2cccc(N)c2)n1. The molecule has 0 aliphatic carbocycles. The number of nitrogen functional groups attached to an aromatic ring is 1. The van der Waals surface area contributed by atoms with E-state index < -0.39 is 0 Å². The second-order valence-electron chi connectivity index (χ2n) is 4.30. The average molecular weight is 247 g/mol. The van der Waals surface area contributed by atoms with Gasteiger partial charge in [0.1, 0.15) is 5.01 Å². The molecular weight excluding hydrogens is 230 g/mol. The van der Waals surface area contributed by atoms with Crippen LogP contribution in [0.2, 0.25) is 0 Å². The molecule has 2 aromatic rings. The first-order valence-electron chi connectivity index (χ1n) is 5.57. The van der Waals surface area contributed by atoms with Gasteiger partial charge in [-0.05, 0) is 31.7 Å². The molecule has 3 nitrogen and oxygen atoms in total. The number of nitrogens with zero attached hydrogens (tertiary/aromatic N) is 2. The van der Waals surface area contributed by atoms with Crippen LogP contribution in [0.15, 0.2) is 29.6 Å². The lowest BCUT2D eigenvalue weighted by molar-refractivity contribution is 0.318. The molecule has 2 rings (SSSR count). The van der Waals surface area contributed by atoms with E-state index >= 15 is 0 Å². The standard InChI is InChI=1S/C13H17N3S/c1-10-9-17-13(15-10)8-16(2)7-11-4-3-5-12(14)6-11/h3-6,9H,7-8,14H2,1-2H3. The molecule has 1 aromatic heterocycles. The molecule has 0 radical (unpaired) electrons.